The molecular formula is C16H18ClN. The molecule has 0 saturated carbocycles. The van der Waals surface area contributed by atoms with Crippen molar-refractivity contribution in [3.63, 3.8) is 0 Å². The Balaban J connectivity index is 2.01. The topological polar surface area (TPSA) is 26.0 Å². The van der Waals surface area contributed by atoms with Gasteiger partial charge in [0.1, 0.15) is 0 Å². The highest BCUT2D eigenvalue weighted by molar-refractivity contribution is 6.31. The Morgan fingerprint density at radius 1 is 1.06 bits per heavy atom. The van der Waals surface area contributed by atoms with Crippen LogP contribution in [-0.4, -0.2) is 6.04 Å². The van der Waals surface area contributed by atoms with E-state index < -0.39 is 0 Å². The SMILES string of the molecule is Cc1cccc(CC(N)Cc2ccccc2Cl)c1. The van der Waals surface area contributed by atoms with Crippen LogP contribution in [0.5, 0.6) is 0 Å². The van der Waals surface area contributed by atoms with Crippen molar-refractivity contribution in [2.75, 3.05) is 0 Å². The Kier molecular flexibility index (Phi) is 4.40. The van der Waals surface area contributed by atoms with Gasteiger partial charge in [-0.15, -0.1) is 0 Å². The van der Waals surface area contributed by atoms with E-state index in [0.717, 1.165) is 23.4 Å². The van der Waals surface area contributed by atoms with E-state index in [1.807, 2.05) is 24.3 Å². The van der Waals surface area contributed by atoms with Gasteiger partial charge in [-0.1, -0.05) is 59.6 Å². The van der Waals surface area contributed by atoms with Gasteiger partial charge >= 0.3 is 0 Å². The van der Waals surface area contributed by atoms with Crippen LogP contribution < -0.4 is 5.73 Å². The molecule has 1 nitrogen and oxygen atoms in total. The van der Waals surface area contributed by atoms with E-state index in [9.17, 15) is 0 Å². The predicted octanol–water partition coefficient (Wildman–Crippen LogP) is 3.76. The molecular weight excluding hydrogens is 242 g/mol. The highest BCUT2D eigenvalue weighted by atomic mass is 35.5. The van der Waals surface area contributed by atoms with E-state index in [1.54, 1.807) is 0 Å². The first-order valence-electron chi connectivity index (χ1n) is 6.19. The zero-order valence-electron chi connectivity index (χ0n) is 10.6. The molecule has 0 radical (unpaired) electrons. The maximum Gasteiger partial charge on any atom is 0.0438 e. The quantitative estimate of drug-likeness (QED) is 0.889. The van der Waals surface area contributed by atoms with Crippen molar-refractivity contribution in [2.45, 2.75) is 25.8 Å². The molecule has 0 aliphatic heterocycles. The van der Waals surface area contributed by atoms with Gasteiger partial charge in [0.25, 0.3) is 0 Å². The van der Waals surface area contributed by atoms with Crippen molar-refractivity contribution in [2.24, 2.45) is 5.73 Å². The molecule has 0 aliphatic rings. The lowest BCUT2D eigenvalue weighted by molar-refractivity contribution is 0.664. The molecule has 0 bridgehead atoms. The average molecular weight is 260 g/mol. The Bertz CT molecular complexity index is 522. The van der Waals surface area contributed by atoms with Crippen LogP contribution in [0, 0.1) is 6.92 Å². The van der Waals surface area contributed by atoms with Crippen molar-refractivity contribution in [3.05, 3.63) is 70.2 Å². The highest BCUT2D eigenvalue weighted by Crippen LogP contribution is 2.17. The molecule has 18 heavy (non-hydrogen) atoms. The second-order valence-electron chi connectivity index (χ2n) is 4.75. The first-order valence-corrected chi connectivity index (χ1v) is 6.57. The molecule has 0 fully saturated rings. The lowest BCUT2D eigenvalue weighted by Crippen LogP contribution is -2.25. The number of nitrogens with two attached hydrogens (primary N) is 1. The fourth-order valence-corrected chi connectivity index (χ4v) is 2.37. The van der Waals surface area contributed by atoms with Crippen LogP contribution >= 0.6 is 11.6 Å². The van der Waals surface area contributed by atoms with Crippen LogP contribution in [0.3, 0.4) is 0 Å². The van der Waals surface area contributed by atoms with Crippen molar-refractivity contribution in [3.8, 4) is 0 Å². The standard InChI is InChI=1S/C16H18ClN/c1-12-5-4-6-13(9-12)10-15(18)11-14-7-2-3-8-16(14)17/h2-9,15H,10-11,18H2,1H3. The summed E-state index contributed by atoms with van der Waals surface area (Å²) in [4.78, 5) is 0. The summed E-state index contributed by atoms with van der Waals surface area (Å²) in [5.74, 6) is 0. The minimum absolute atomic E-state index is 0.103. The number of hydrogen-bond acceptors (Lipinski definition) is 1. The summed E-state index contributed by atoms with van der Waals surface area (Å²) in [5, 5.41) is 0.803. The van der Waals surface area contributed by atoms with E-state index in [0.29, 0.717) is 0 Å². The lowest BCUT2D eigenvalue weighted by Gasteiger charge is -2.13. The van der Waals surface area contributed by atoms with Gasteiger partial charge in [-0.3, -0.25) is 0 Å². The van der Waals surface area contributed by atoms with E-state index in [-0.39, 0.29) is 6.04 Å². The fraction of sp³-hybridized carbons (Fsp3) is 0.250. The van der Waals surface area contributed by atoms with Crippen LogP contribution in [0.2, 0.25) is 5.02 Å². The van der Waals surface area contributed by atoms with Gasteiger partial charge < -0.3 is 5.73 Å². The van der Waals surface area contributed by atoms with Crippen molar-refractivity contribution in [1.29, 1.82) is 0 Å². The molecule has 94 valence electrons. The van der Waals surface area contributed by atoms with Crippen LogP contribution in [0.4, 0.5) is 0 Å². The molecule has 1 unspecified atom stereocenters. The Labute approximate surface area is 114 Å². The molecule has 0 spiro atoms. The number of benzene rings is 2. The van der Waals surface area contributed by atoms with Crippen LogP contribution in [0.15, 0.2) is 48.5 Å². The number of hydrogen-bond donors (Lipinski definition) is 1. The van der Waals surface area contributed by atoms with Crippen molar-refractivity contribution >= 4 is 11.6 Å². The first-order chi connectivity index (χ1) is 8.65. The maximum atomic E-state index is 6.20. The molecule has 0 aromatic heterocycles. The molecule has 0 heterocycles. The molecule has 2 rings (SSSR count). The smallest absolute Gasteiger partial charge is 0.0438 e. The van der Waals surface area contributed by atoms with Gasteiger partial charge in [-0.2, -0.15) is 0 Å². The molecule has 2 aromatic carbocycles. The zero-order chi connectivity index (χ0) is 13.0. The molecule has 2 N–H and O–H groups in total. The van der Waals surface area contributed by atoms with Crippen molar-refractivity contribution < 1.29 is 0 Å². The normalized spacial score (nSPS) is 12.4. The predicted molar refractivity (Wildman–Crippen MR) is 78.0 cm³/mol. The van der Waals surface area contributed by atoms with E-state index in [2.05, 4.69) is 31.2 Å². The van der Waals surface area contributed by atoms with Crippen LogP contribution in [-0.2, 0) is 12.8 Å². The summed E-state index contributed by atoms with van der Waals surface area (Å²) < 4.78 is 0. The number of aryl methyl sites for hydroxylation is 1. The molecule has 0 amide bonds. The van der Waals surface area contributed by atoms with E-state index in [4.69, 9.17) is 17.3 Å². The third-order valence-electron chi connectivity index (χ3n) is 3.02. The molecule has 2 aromatic rings. The Hall–Kier alpha value is -1.31. The van der Waals surface area contributed by atoms with Gasteiger partial charge in [0.15, 0.2) is 0 Å². The summed E-state index contributed by atoms with van der Waals surface area (Å²) in [5.41, 5.74) is 9.88. The second kappa shape index (κ2) is 6.03. The van der Waals surface area contributed by atoms with E-state index in [1.165, 1.54) is 11.1 Å². The second-order valence-corrected chi connectivity index (χ2v) is 5.16. The Morgan fingerprint density at radius 3 is 2.56 bits per heavy atom. The third-order valence-corrected chi connectivity index (χ3v) is 3.39. The molecule has 2 heteroatoms. The monoisotopic (exact) mass is 259 g/mol. The largest absolute Gasteiger partial charge is 0.327 e. The van der Waals surface area contributed by atoms with Crippen molar-refractivity contribution in [1.82, 2.24) is 0 Å². The van der Waals surface area contributed by atoms with E-state index >= 15 is 0 Å². The maximum absolute atomic E-state index is 6.20. The summed E-state index contributed by atoms with van der Waals surface area (Å²) >= 11 is 6.14. The van der Waals surface area contributed by atoms with Crippen LogP contribution in [0.25, 0.3) is 0 Å². The summed E-state index contributed by atoms with van der Waals surface area (Å²) in [6, 6.07) is 16.5. The summed E-state index contributed by atoms with van der Waals surface area (Å²) in [6.07, 6.45) is 1.69. The molecule has 1 atom stereocenters. The van der Waals surface area contributed by atoms with Gasteiger partial charge in [-0.05, 0) is 37.0 Å². The first kappa shape index (κ1) is 13.1. The fourth-order valence-electron chi connectivity index (χ4n) is 2.16. The molecule has 0 saturated heterocycles. The highest BCUT2D eigenvalue weighted by Gasteiger charge is 2.08. The third kappa shape index (κ3) is 3.59. The summed E-state index contributed by atoms with van der Waals surface area (Å²) in [7, 11) is 0. The van der Waals surface area contributed by atoms with Crippen LogP contribution in [0.1, 0.15) is 16.7 Å². The number of rotatable bonds is 4. The number of halogens is 1. The van der Waals surface area contributed by atoms with Gasteiger partial charge in [0.2, 0.25) is 0 Å². The Morgan fingerprint density at radius 2 is 1.83 bits per heavy atom. The van der Waals surface area contributed by atoms with Gasteiger partial charge in [-0.25, -0.2) is 0 Å². The zero-order valence-corrected chi connectivity index (χ0v) is 11.3. The lowest BCUT2D eigenvalue weighted by atomic mass is 9.99. The molecule has 0 aliphatic carbocycles. The minimum Gasteiger partial charge on any atom is -0.327 e. The minimum atomic E-state index is 0.103. The van der Waals surface area contributed by atoms with Gasteiger partial charge in [0.05, 0.1) is 0 Å². The summed E-state index contributed by atoms with van der Waals surface area (Å²) in [6.45, 7) is 2.10. The van der Waals surface area contributed by atoms with Gasteiger partial charge in [0, 0.05) is 11.1 Å². The average Bonchev–Trinajstić information content (AvgIpc) is 2.32.